The first-order chi connectivity index (χ1) is 5.37. The Balaban J connectivity index is 1.93. The quantitative estimate of drug-likeness (QED) is 0.602. The second-order valence-electron chi connectivity index (χ2n) is 3.55. The van der Waals surface area contributed by atoms with Gasteiger partial charge in [-0.25, -0.2) is 0 Å². The minimum absolute atomic E-state index is 0.428. The molecule has 1 heterocycles. The van der Waals surface area contributed by atoms with Crippen molar-refractivity contribution in [2.75, 3.05) is 32.8 Å². The molecule has 64 valence electrons. The fraction of sp³-hybridized carbons (Fsp3) is 1.00. The van der Waals surface area contributed by atoms with E-state index in [9.17, 15) is 0 Å². The van der Waals surface area contributed by atoms with Gasteiger partial charge in [-0.05, 0) is 12.8 Å². The largest absolute Gasteiger partial charge is 0.378 e. The Morgan fingerprint density at radius 3 is 2.91 bits per heavy atom. The zero-order valence-electron chi connectivity index (χ0n) is 6.88. The van der Waals surface area contributed by atoms with Gasteiger partial charge in [0, 0.05) is 25.2 Å². The van der Waals surface area contributed by atoms with Crippen molar-refractivity contribution in [3.63, 3.8) is 0 Å². The fourth-order valence-electron chi connectivity index (χ4n) is 1.88. The van der Waals surface area contributed by atoms with Crippen LogP contribution in [0.5, 0.6) is 0 Å². The number of nitrogens with zero attached hydrogens (tertiary/aromatic N) is 1. The Hall–Kier alpha value is -0.120. The Labute approximate surface area is 67.5 Å². The molecule has 0 amide bonds. The zero-order chi connectivity index (χ0) is 7.73. The van der Waals surface area contributed by atoms with Gasteiger partial charge in [-0.1, -0.05) is 0 Å². The average molecular weight is 156 g/mol. The molecule has 0 aromatic heterocycles. The van der Waals surface area contributed by atoms with Gasteiger partial charge in [0.05, 0.1) is 13.2 Å². The van der Waals surface area contributed by atoms with Gasteiger partial charge < -0.3 is 10.5 Å². The molecule has 0 aromatic rings. The van der Waals surface area contributed by atoms with E-state index in [4.69, 9.17) is 10.5 Å². The summed E-state index contributed by atoms with van der Waals surface area (Å²) in [7, 11) is 0. The molecular formula is C8H16N2O. The zero-order valence-corrected chi connectivity index (χ0v) is 6.88. The molecule has 3 nitrogen and oxygen atoms in total. The van der Waals surface area contributed by atoms with E-state index in [1.165, 1.54) is 12.8 Å². The molecule has 1 aliphatic heterocycles. The molecule has 0 bridgehead atoms. The SMILES string of the molecule is NCCN1CCOCC12CC2. The number of hydrogen-bond acceptors (Lipinski definition) is 3. The molecule has 0 aromatic carbocycles. The summed E-state index contributed by atoms with van der Waals surface area (Å²) in [6.45, 7) is 4.73. The fourth-order valence-corrected chi connectivity index (χ4v) is 1.88. The second kappa shape index (κ2) is 2.73. The number of ether oxygens (including phenoxy) is 1. The third-order valence-electron chi connectivity index (χ3n) is 2.77. The summed E-state index contributed by atoms with van der Waals surface area (Å²) in [5.41, 5.74) is 5.95. The van der Waals surface area contributed by atoms with Crippen molar-refractivity contribution in [3.05, 3.63) is 0 Å². The molecule has 11 heavy (non-hydrogen) atoms. The van der Waals surface area contributed by atoms with Gasteiger partial charge in [0.1, 0.15) is 0 Å². The van der Waals surface area contributed by atoms with Crippen molar-refractivity contribution in [3.8, 4) is 0 Å². The Bertz CT molecular complexity index is 143. The second-order valence-corrected chi connectivity index (χ2v) is 3.55. The molecule has 1 saturated heterocycles. The Morgan fingerprint density at radius 2 is 2.27 bits per heavy atom. The van der Waals surface area contributed by atoms with Gasteiger partial charge in [0.15, 0.2) is 0 Å². The van der Waals surface area contributed by atoms with Crippen LogP contribution in [0.25, 0.3) is 0 Å². The van der Waals surface area contributed by atoms with Crippen LogP contribution in [0.4, 0.5) is 0 Å². The highest BCUT2D eigenvalue weighted by Crippen LogP contribution is 2.43. The first-order valence-corrected chi connectivity index (χ1v) is 4.40. The first-order valence-electron chi connectivity index (χ1n) is 4.40. The smallest absolute Gasteiger partial charge is 0.0651 e. The third-order valence-corrected chi connectivity index (χ3v) is 2.77. The van der Waals surface area contributed by atoms with Gasteiger partial charge in [0.2, 0.25) is 0 Å². The van der Waals surface area contributed by atoms with Gasteiger partial charge in [-0.15, -0.1) is 0 Å². The highest BCUT2D eigenvalue weighted by atomic mass is 16.5. The monoisotopic (exact) mass is 156 g/mol. The minimum Gasteiger partial charge on any atom is -0.378 e. The van der Waals surface area contributed by atoms with Crippen molar-refractivity contribution in [1.29, 1.82) is 0 Å². The van der Waals surface area contributed by atoms with Crippen LogP contribution in [-0.4, -0.2) is 43.3 Å². The molecule has 1 aliphatic carbocycles. The summed E-state index contributed by atoms with van der Waals surface area (Å²) in [4.78, 5) is 2.50. The molecule has 0 unspecified atom stereocenters. The standard InChI is InChI=1S/C8H16N2O/c9-3-4-10-5-6-11-7-8(10)1-2-8/h1-7,9H2. The molecule has 2 aliphatic rings. The highest BCUT2D eigenvalue weighted by molar-refractivity contribution is 5.05. The van der Waals surface area contributed by atoms with Gasteiger partial charge in [-0.2, -0.15) is 0 Å². The van der Waals surface area contributed by atoms with E-state index >= 15 is 0 Å². The predicted molar refractivity (Wildman–Crippen MR) is 43.4 cm³/mol. The number of nitrogens with two attached hydrogens (primary N) is 1. The van der Waals surface area contributed by atoms with Crippen LogP contribution in [0.1, 0.15) is 12.8 Å². The maximum absolute atomic E-state index is 5.53. The summed E-state index contributed by atoms with van der Waals surface area (Å²) < 4.78 is 5.44. The maximum Gasteiger partial charge on any atom is 0.0651 e. The Morgan fingerprint density at radius 1 is 1.45 bits per heavy atom. The lowest BCUT2D eigenvalue weighted by Gasteiger charge is -2.35. The van der Waals surface area contributed by atoms with E-state index < -0.39 is 0 Å². The van der Waals surface area contributed by atoms with E-state index in [0.29, 0.717) is 5.54 Å². The summed E-state index contributed by atoms with van der Waals surface area (Å²) >= 11 is 0. The van der Waals surface area contributed by atoms with Gasteiger partial charge in [0.25, 0.3) is 0 Å². The van der Waals surface area contributed by atoms with E-state index in [-0.39, 0.29) is 0 Å². The summed E-state index contributed by atoms with van der Waals surface area (Å²) in [5.74, 6) is 0. The van der Waals surface area contributed by atoms with Crippen molar-refractivity contribution in [2.45, 2.75) is 18.4 Å². The van der Waals surface area contributed by atoms with Crippen LogP contribution in [-0.2, 0) is 4.74 Å². The van der Waals surface area contributed by atoms with Crippen LogP contribution < -0.4 is 5.73 Å². The maximum atomic E-state index is 5.53. The molecule has 2 fully saturated rings. The highest BCUT2D eigenvalue weighted by Gasteiger charge is 2.49. The van der Waals surface area contributed by atoms with Gasteiger partial charge in [-0.3, -0.25) is 4.90 Å². The lowest BCUT2D eigenvalue weighted by atomic mass is 10.2. The number of rotatable bonds is 2. The summed E-state index contributed by atoms with van der Waals surface area (Å²) in [5, 5.41) is 0. The van der Waals surface area contributed by atoms with Crippen LogP contribution in [0, 0.1) is 0 Å². The van der Waals surface area contributed by atoms with Crippen LogP contribution in [0.2, 0.25) is 0 Å². The van der Waals surface area contributed by atoms with Crippen LogP contribution in [0.3, 0.4) is 0 Å². The summed E-state index contributed by atoms with van der Waals surface area (Å²) in [6.07, 6.45) is 2.62. The Kier molecular flexibility index (Phi) is 1.87. The molecule has 0 radical (unpaired) electrons. The molecule has 0 atom stereocenters. The lowest BCUT2D eigenvalue weighted by Crippen LogP contribution is -2.49. The van der Waals surface area contributed by atoms with Crippen molar-refractivity contribution in [1.82, 2.24) is 4.90 Å². The lowest BCUT2D eigenvalue weighted by molar-refractivity contribution is -0.0185. The molecule has 2 rings (SSSR count). The molecule has 1 saturated carbocycles. The number of morpholine rings is 1. The molecular weight excluding hydrogens is 140 g/mol. The predicted octanol–water partition coefficient (Wildman–Crippen LogP) is -0.190. The first kappa shape index (κ1) is 7.53. The minimum atomic E-state index is 0.428. The van der Waals surface area contributed by atoms with Gasteiger partial charge >= 0.3 is 0 Å². The average Bonchev–Trinajstić information content (AvgIpc) is 2.77. The molecule has 3 heteroatoms. The van der Waals surface area contributed by atoms with Crippen LogP contribution in [0.15, 0.2) is 0 Å². The third kappa shape index (κ3) is 1.28. The number of hydrogen-bond donors (Lipinski definition) is 1. The van der Waals surface area contributed by atoms with Crippen LogP contribution >= 0.6 is 0 Å². The topological polar surface area (TPSA) is 38.5 Å². The van der Waals surface area contributed by atoms with E-state index in [1.54, 1.807) is 0 Å². The van der Waals surface area contributed by atoms with E-state index in [1.807, 2.05) is 0 Å². The normalized spacial score (nSPS) is 29.2. The molecule has 2 N–H and O–H groups in total. The van der Waals surface area contributed by atoms with Crippen molar-refractivity contribution in [2.24, 2.45) is 5.73 Å². The molecule has 1 spiro atoms. The van der Waals surface area contributed by atoms with E-state index in [0.717, 1.165) is 32.8 Å². The van der Waals surface area contributed by atoms with Crippen molar-refractivity contribution >= 4 is 0 Å². The van der Waals surface area contributed by atoms with E-state index in [2.05, 4.69) is 4.90 Å². The van der Waals surface area contributed by atoms with Crippen molar-refractivity contribution < 1.29 is 4.74 Å². The summed E-state index contributed by atoms with van der Waals surface area (Å²) in [6, 6.07) is 0.